The summed E-state index contributed by atoms with van der Waals surface area (Å²) in [6.07, 6.45) is 4.04. The van der Waals surface area contributed by atoms with Crippen molar-refractivity contribution in [3.05, 3.63) is 30.3 Å². The predicted octanol–water partition coefficient (Wildman–Crippen LogP) is 4.24. The van der Waals surface area contributed by atoms with Gasteiger partial charge in [-0.2, -0.15) is 4.37 Å². The molecule has 0 amide bonds. The van der Waals surface area contributed by atoms with E-state index >= 15 is 0 Å². The molecule has 1 heterocycles. The highest BCUT2D eigenvalue weighted by Crippen LogP contribution is 2.37. The lowest BCUT2D eigenvalue weighted by molar-refractivity contribution is 0.537. The van der Waals surface area contributed by atoms with Gasteiger partial charge in [0, 0.05) is 6.54 Å². The Morgan fingerprint density at radius 1 is 1.30 bits per heavy atom. The summed E-state index contributed by atoms with van der Waals surface area (Å²) < 4.78 is 4.31. The van der Waals surface area contributed by atoms with Crippen molar-refractivity contribution in [1.29, 1.82) is 0 Å². The molecule has 1 aromatic heterocycles. The normalized spacial score (nSPS) is 22.1. The Morgan fingerprint density at radius 3 is 2.80 bits per heavy atom. The van der Waals surface area contributed by atoms with E-state index in [0.29, 0.717) is 5.82 Å². The summed E-state index contributed by atoms with van der Waals surface area (Å²) in [5.74, 6) is 2.29. The van der Waals surface area contributed by atoms with Crippen molar-refractivity contribution in [3.8, 4) is 11.1 Å². The summed E-state index contributed by atoms with van der Waals surface area (Å²) in [5, 5.41) is 4.68. The van der Waals surface area contributed by atoms with Gasteiger partial charge in [0.25, 0.3) is 0 Å². The molecule has 2 aromatic rings. The summed E-state index contributed by atoms with van der Waals surface area (Å²) >= 11 is 1.47. The Morgan fingerprint density at radius 2 is 2.10 bits per heavy atom. The van der Waals surface area contributed by atoms with Crippen molar-refractivity contribution in [2.45, 2.75) is 26.2 Å². The zero-order chi connectivity index (χ0) is 13.9. The van der Waals surface area contributed by atoms with Gasteiger partial charge < -0.3 is 11.1 Å². The Balaban J connectivity index is 1.74. The third-order valence-corrected chi connectivity index (χ3v) is 4.95. The highest BCUT2D eigenvalue weighted by molar-refractivity contribution is 7.11. The van der Waals surface area contributed by atoms with Crippen LogP contribution in [0.4, 0.5) is 10.8 Å². The van der Waals surface area contributed by atoms with E-state index in [0.717, 1.165) is 34.5 Å². The Hall–Kier alpha value is -1.55. The van der Waals surface area contributed by atoms with Gasteiger partial charge in [-0.15, -0.1) is 0 Å². The van der Waals surface area contributed by atoms with Gasteiger partial charge in [-0.1, -0.05) is 43.7 Å². The summed E-state index contributed by atoms with van der Waals surface area (Å²) in [4.78, 5) is 0. The van der Waals surface area contributed by atoms with Crippen molar-refractivity contribution in [2.24, 2.45) is 11.8 Å². The number of rotatable bonds is 4. The first-order valence-electron chi connectivity index (χ1n) is 7.28. The monoisotopic (exact) mass is 287 g/mol. The number of hydrogen-bond acceptors (Lipinski definition) is 4. The largest absolute Gasteiger partial charge is 0.382 e. The molecule has 20 heavy (non-hydrogen) atoms. The number of benzene rings is 1. The van der Waals surface area contributed by atoms with Crippen LogP contribution in [0.3, 0.4) is 0 Å². The van der Waals surface area contributed by atoms with Crippen molar-refractivity contribution in [3.63, 3.8) is 0 Å². The van der Waals surface area contributed by atoms with Gasteiger partial charge >= 0.3 is 0 Å². The Bertz CT molecular complexity index is 564. The molecule has 0 spiro atoms. The Kier molecular flexibility index (Phi) is 3.92. The molecule has 3 rings (SSSR count). The number of aromatic nitrogens is 1. The van der Waals surface area contributed by atoms with E-state index in [1.54, 1.807) is 0 Å². The van der Waals surface area contributed by atoms with Crippen LogP contribution in [0, 0.1) is 11.8 Å². The molecular weight excluding hydrogens is 266 g/mol. The molecule has 1 aliphatic carbocycles. The molecule has 1 aliphatic rings. The van der Waals surface area contributed by atoms with Gasteiger partial charge in [0.1, 0.15) is 10.8 Å². The molecule has 3 N–H and O–H groups in total. The van der Waals surface area contributed by atoms with Crippen LogP contribution in [0.15, 0.2) is 30.3 Å². The maximum absolute atomic E-state index is 6.04. The number of hydrogen-bond donors (Lipinski definition) is 2. The van der Waals surface area contributed by atoms with Gasteiger partial charge in [0.15, 0.2) is 0 Å². The van der Waals surface area contributed by atoms with E-state index < -0.39 is 0 Å². The van der Waals surface area contributed by atoms with E-state index in [2.05, 4.69) is 28.7 Å². The van der Waals surface area contributed by atoms with E-state index in [1.807, 2.05) is 18.2 Å². The van der Waals surface area contributed by atoms with Gasteiger partial charge in [-0.25, -0.2) is 0 Å². The highest BCUT2D eigenvalue weighted by atomic mass is 32.1. The average Bonchev–Trinajstić information content (AvgIpc) is 3.03. The number of nitrogens with two attached hydrogens (primary N) is 1. The average molecular weight is 287 g/mol. The zero-order valence-corrected chi connectivity index (χ0v) is 12.6. The number of anilines is 2. The second-order valence-corrected chi connectivity index (χ2v) is 6.58. The molecule has 0 radical (unpaired) electrons. The summed E-state index contributed by atoms with van der Waals surface area (Å²) in [6, 6.07) is 10.3. The second-order valence-electron chi connectivity index (χ2n) is 5.80. The zero-order valence-electron chi connectivity index (χ0n) is 11.8. The first-order chi connectivity index (χ1) is 9.74. The van der Waals surface area contributed by atoms with Crippen LogP contribution < -0.4 is 11.1 Å². The SMILES string of the molecule is CC1CCC(CNc2snc(N)c2-c2ccccc2)C1. The summed E-state index contributed by atoms with van der Waals surface area (Å²) in [7, 11) is 0. The summed E-state index contributed by atoms with van der Waals surface area (Å²) in [6.45, 7) is 3.38. The van der Waals surface area contributed by atoms with E-state index in [9.17, 15) is 0 Å². The molecule has 0 saturated heterocycles. The lowest BCUT2D eigenvalue weighted by Gasteiger charge is -2.12. The van der Waals surface area contributed by atoms with Crippen LogP contribution in [0.5, 0.6) is 0 Å². The van der Waals surface area contributed by atoms with E-state index in [1.165, 1.54) is 30.8 Å². The molecule has 2 unspecified atom stereocenters. The van der Waals surface area contributed by atoms with E-state index in [4.69, 9.17) is 5.73 Å². The van der Waals surface area contributed by atoms with Crippen molar-refractivity contribution in [1.82, 2.24) is 4.37 Å². The third-order valence-electron chi connectivity index (χ3n) is 4.14. The smallest absolute Gasteiger partial charge is 0.147 e. The molecule has 1 fully saturated rings. The molecule has 2 atom stereocenters. The minimum Gasteiger partial charge on any atom is -0.382 e. The standard InChI is InChI=1S/C16H21N3S/c1-11-7-8-12(9-11)10-18-16-14(15(17)19-20-16)13-5-3-2-4-6-13/h2-6,11-12,18H,7-10H2,1H3,(H2,17,19). The number of nitrogens with one attached hydrogen (secondary N) is 1. The van der Waals surface area contributed by atoms with Crippen molar-refractivity contribution in [2.75, 3.05) is 17.6 Å². The summed E-state index contributed by atoms with van der Waals surface area (Å²) in [5.41, 5.74) is 8.24. The van der Waals surface area contributed by atoms with Crippen LogP contribution in [0.25, 0.3) is 11.1 Å². The molecule has 0 aliphatic heterocycles. The van der Waals surface area contributed by atoms with Crippen molar-refractivity contribution < 1.29 is 0 Å². The van der Waals surface area contributed by atoms with Gasteiger partial charge in [0.05, 0.1) is 5.56 Å². The topological polar surface area (TPSA) is 50.9 Å². The van der Waals surface area contributed by atoms with Gasteiger partial charge in [-0.3, -0.25) is 0 Å². The van der Waals surface area contributed by atoms with Crippen LogP contribution >= 0.6 is 11.5 Å². The first-order valence-corrected chi connectivity index (χ1v) is 8.06. The van der Waals surface area contributed by atoms with Crippen LogP contribution in [0.2, 0.25) is 0 Å². The molecule has 1 saturated carbocycles. The second kappa shape index (κ2) is 5.83. The Labute approximate surface area is 124 Å². The molecule has 0 bridgehead atoms. The molecule has 106 valence electrons. The number of nitrogen functional groups attached to an aromatic ring is 1. The minimum absolute atomic E-state index is 0.628. The molecular formula is C16H21N3S. The first kappa shape index (κ1) is 13.4. The fraction of sp³-hybridized carbons (Fsp3) is 0.438. The number of nitrogens with zero attached hydrogens (tertiary/aromatic N) is 1. The highest BCUT2D eigenvalue weighted by Gasteiger charge is 2.22. The lowest BCUT2D eigenvalue weighted by atomic mass is 10.1. The van der Waals surface area contributed by atoms with E-state index in [-0.39, 0.29) is 0 Å². The van der Waals surface area contributed by atoms with Crippen LogP contribution in [-0.4, -0.2) is 10.9 Å². The maximum atomic E-state index is 6.04. The quantitative estimate of drug-likeness (QED) is 0.884. The van der Waals surface area contributed by atoms with Crippen LogP contribution in [0.1, 0.15) is 26.2 Å². The van der Waals surface area contributed by atoms with Gasteiger partial charge in [-0.05, 0) is 41.8 Å². The van der Waals surface area contributed by atoms with Gasteiger partial charge in [0.2, 0.25) is 0 Å². The van der Waals surface area contributed by atoms with Crippen molar-refractivity contribution >= 4 is 22.4 Å². The maximum Gasteiger partial charge on any atom is 0.147 e. The fourth-order valence-corrected chi connectivity index (χ4v) is 3.80. The predicted molar refractivity (Wildman–Crippen MR) is 87.0 cm³/mol. The molecule has 4 heteroatoms. The third kappa shape index (κ3) is 2.80. The lowest BCUT2D eigenvalue weighted by Crippen LogP contribution is -2.11. The molecule has 3 nitrogen and oxygen atoms in total. The minimum atomic E-state index is 0.628. The fourth-order valence-electron chi connectivity index (χ4n) is 3.05. The van der Waals surface area contributed by atoms with Crippen LogP contribution in [-0.2, 0) is 0 Å². The molecule has 1 aromatic carbocycles.